The van der Waals surface area contributed by atoms with Gasteiger partial charge in [-0.1, -0.05) is 0 Å². The highest BCUT2D eigenvalue weighted by Crippen LogP contribution is 2.27. The van der Waals surface area contributed by atoms with E-state index in [4.69, 9.17) is 20.6 Å². The highest BCUT2D eigenvalue weighted by molar-refractivity contribution is 5.95. The van der Waals surface area contributed by atoms with Crippen LogP contribution in [0.3, 0.4) is 0 Å². The number of nitrogen functional groups attached to an aromatic ring is 1. The number of ether oxygens (including phenoxy) is 2. The number of nitrogens with two attached hydrogens (primary N) is 1. The average Bonchev–Trinajstić information content (AvgIpc) is 2.92. The summed E-state index contributed by atoms with van der Waals surface area (Å²) in [6.07, 6.45) is 3.60. The Bertz CT molecular complexity index is 552. The molecule has 6 nitrogen and oxygen atoms in total. The predicted octanol–water partition coefficient (Wildman–Crippen LogP) is 1.25. The first kappa shape index (κ1) is 12.9. The molecule has 0 atom stereocenters. The molecule has 0 aliphatic rings. The topological polar surface area (TPSA) is 86.1 Å². The fourth-order valence-electron chi connectivity index (χ4n) is 1.64. The molecule has 0 amide bonds. The number of hydrogen-bond donors (Lipinski definition) is 2. The maximum atomic E-state index is 7.38. The third kappa shape index (κ3) is 3.25. The fraction of sp³-hybridized carbons (Fsp3) is 0.231. The summed E-state index contributed by atoms with van der Waals surface area (Å²) in [5.74, 6) is 1.19. The number of rotatable bonds is 6. The lowest BCUT2D eigenvalue weighted by atomic mass is 10.2. The Balaban J connectivity index is 2.01. The Labute approximate surface area is 111 Å². The molecule has 1 aromatic carbocycles. The van der Waals surface area contributed by atoms with Gasteiger partial charge in [-0.3, -0.25) is 10.1 Å². The molecular formula is C13H16N4O2. The first-order chi connectivity index (χ1) is 9.20. The van der Waals surface area contributed by atoms with Crippen molar-refractivity contribution in [2.24, 2.45) is 5.73 Å². The van der Waals surface area contributed by atoms with Gasteiger partial charge in [-0.25, -0.2) is 0 Å². The van der Waals surface area contributed by atoms with Crippen LogP contribution >= 0.6 is 0 Å². The molecule has 3 N–H and O–H groups in total. The Kier molecular flexibility index (Phi) is 4.02. The number of aromatic nitrogens is 2. The molecule has 1 heterocycles. The molecule has 2 aromatic rings. The van der Waals surface area contributed by atoms with E-state index in [0.29, 0.717) is 30.2 Å². The molecule has 6 heteroatoms. The van der Waals surface area contributed by atoms with Crippen molar-refractivity contribution < 1.29 is 9.47 Å². The fourth-order valence-corrected chi connectivity index (χ4v) is 1.64. The first-order valence-electron chi connectivity index (χ1n) is 5.83. The smallest absolute Gasteiger partial charge is 0.161 e. The van der Waals surface area contributed by atoms with E-state index in [1.807, 2.05) is 12.3 Å². The Morgan fingerprint density at radius 1 is 1.42 bits per heavy atom. The zero-order chi connectivity index (χ0) is 13.7. The minimum absolute atomic E-state index is 0.00129. The lowest BCUT2D eigenvalue weighted by Gasteiger charge is -2.11. The second-order valence-corrected chi connectivity index (χ2v) is 3.90. The van der Waals surface area contributed by atoms with E-state index in [0.717, 1.165) is 0 Å². The zero-order valence-electron chi connectivity index (χ0n) is 10.7. The largest absolute Gasteiger partial charge is 0.493 e. The van der Waals surface area contributed by atoms with E-state index in [9.17, 15) is 0 Å². The molecule has 0 saturated carbocycles. The van der Waals surface area contributed by atoms with Crippen LogP contribution in [-0.2, 0) is 6.54 Å². The van der Waals surface area contributed by atoms with Gasteiger partial charge < -0.3 is 15.2 Å². The molecule has 0 unspecified atom stereocenters. The number of hydrogen-bond acceptors (Lipinski definition) is 4. The molecule has 0 radical (unpaired) electrons. The molecule has 0 spiro atoms. The molecule has 0 aliphatic heterocycles. The maximum absolute atomic E-state index is 7.38. The molecule has 0 aliphatic carbocycles. The van der Waals surface area contributed by atoms with Gasteiger partial charge in [0, 0.05) is 18.0 Å². The zero-order valence-corrected chi connectivity index (χ0v) is 10.7. The van der Waals surface area contributed by atoms with Crippen molar-refractivity contribution in [3.8, 4) is 11.5 Å². The van der Waals surface area contributed by atoms with Crippen LogP contribution in [0.4, 0.5) is 0 Å². The Hall–Kier alpha value is -2.50. The van der Waals surface area contributed by atoms with Gasteiger partial charge >= 0.3 is 0 Å². The average molecular weight is 260 g/mol. The van der Waals surface area contributed by atoms with Crippen molar-refractivity contribution in [2.75, 3.05) is 13.7 Å². The summed E-state index contributed by atoms with van der Waals surface area (Å²) in [5, 5.41) is 11.5. The van der Waals surface area contributed by atoms with Crippen LogP contribution < -0.4 is 15.2 Å². The van der Waals surface area contributed by atoms with E-state index in [2.05, 4.69) is 5.10 Å². The van der Waals surface area contributed by atoms with Crippen LogP contribution in [0.25, 0.3) is 0 Å². The number of nitrogens with one attached hydrogen (secondary N) is 1. The molecule has 19 heavy (non-hydrogen) atoms. The summed E-state index contributed by atoms with van der Waals surface area (Å²) in [6, 6.07) is 7.03. The van der Waals surface area contributed by atoms with E-state index in [1.165, 1.54) is 0 Å². The quantitative estimate of drug-likeness (QED) is 0.604. The van der Waals surface area contributed by atoms with E-state index in [-0.39, 0.29) is 5.84 Å². The lowest BCUT2D eigenvalue weighted by Crippen LogP contribution is -2.12. The van der Waals surface area contributed by atoms with E-state index >= 15 is 0 Å². The monoisotopic (exact) mass is 260 g/mol. The van der Waals surface area contributed by atoms with Gasteiger partial charge in [-0.05, 0) is 24.3 Å². The molecule has 0 fully saturated rings. The predicted molar refractivity (Wildman–Crippen MR) is 71.7 cm³/mol. The highest BCUT2D eigenvalue weighted by Gasteiger charge is 2.07. The molecule has 1 aromatic heterocycles. The normalized spacial score (nSPS) is 10.2. The van der Waals surface area contributed by atoms with Crippen molar-refractivity contribution in [3.05, 3.63) is 42.2 Å². The molecule has 0 bridgehead atoms. The van der Waals surface area contributed by atoms with Gasteiger partial charge in [0.05, 0.1) is 13.7 Å². The minimum atomic E-state index is 0.00129. The van der Waals surface area contributed by atoms with Crippen LogP contribution in [0.1, 0.15) is 5.56 Å². The Morgan fingerprint density at radius 2 is 2.26 bits per heavy atom. The standard InChI is InChI=1S/C13H16N4O2/c1-18-12-9-10(13(14)15)3-4-11(12)19-8-7-17-6-2-5-16-17/h2-6,9H,7-8H2,1H3,(H3,14,15). The van der Waals surface area contributed by atoms with Gasteiger partial charge in [0.25, 0.3) is 0 Å². The van der Waals surface area contributed by atoms with Crippen LogP contribution in [0.5, 0.6) is 11.5 Å². The number of benzene rings is 1. The number of methoxy groups -OCH3 is 1. The summed E-state index contributed by atoms with van der Waals surface area (Å²) in [6.45, 7) is 1.14. The highest BCUT2D eigenvalue weighted by atomic mass is 16.5. The summed E-state index contributed by atoms with van der Waals surface area (Å²) in [4.78, 5) is 0. The number of nitrogens with zero attached hydrogens (tertiary/aromatic N) is 2. The second-order valence-electron chi connectivity index (χ2n) is 3.90. The maximum Gasteiger partial charge on any atom is 0.161 e. The van der Waals surface area contributed by atoms with Crippen molar-refractivity contribution in [1.29, 1.82) is 5.41 Å². The van der Waals surface area contributed by atoms with Crippen LogP contribution in [0, 0.1) is 5.41 Å². The van der Waals surface area contributed by atoms with Crippen molar-refractivity contribution in [1.82, 2.24) is 9.78 Å². The summed E-state index contributed by atoms with van der Waals surface area (Å²) in [5.41, 5.74) is 6.03. The van der Waals surface area contributed by atoms with Gasteiger partial charge in [0.2, 0.25) is 0 Å². The third-order valence-electron chi connectivity index (χ3n) is 2.61. The van der Waals surface area contributed by atoms with Crippen LogP contribution in [0.15, 0.2) is 36.7 Å². The minimum Gasteiger partial charge on any atom is -0.493 e. The molecule has 100 valence electrons. The first-order valence-corrected chi connectivity index (χ1v) is 5.83. The second kappa shape index (κ2) is 5.90. The van der Waals surface area contributed by atoms with Gasteiger partial charge in [-0.15, -0.1) is 0 Å². The van der Waals surface area contributed by atoms with Gasteiger partial charge in [-0.2, -0.15) is 5.10 Å². The van der Waals surface area contributed by atoms with E-state index < -0.39 is 0 Å². The summed E-state index contributed by atoms with van der Waals surface area (Å²) >= 11 is 0. The summed E-state index contributed by atoms with van der Waals surface area (Å²) in [7, 11) is 1.56. The number of amidine groups is 1. The summed E-state index contributed by atoms with van der Waals surface area (Å²) < 4.78 is 12.7. The SMILES string of the molecule is COc1cc(C(=N)N)ccc1OCCn1cccn1. The Morgan fingerprint density at radius 3 is 2.89 bits per heavy atom. The van der Waals surface area contributed by atoms with Crippen molar-refractivity contribution >= 4 is 5.84 Å². The van der Waals surface area contributed by atoms with Crippen molar-refractivity contribution in [3.63, 3.8) is 0 Å². The molecule has 0 saturated heterocycles. The van der Waals surface area contributed by atoms with Crippen LogP contribution in [-0.4, -0.2) is 29.3 Å². The van der Waals surface area contributed by atoms with Gasteiger partial charge in [0.1, 0.15) is 12.4 Å². The molecular weight excluding hydrogens is 244 g/mol. The van der Waals surface area contributed by atoms with Gasteiger partial charge in [0.15, 0.2) is 11.5 Å². The molecule has 2 rings (SSSR count). The third-order valence-corrected chi connectivity index (χ3v) is 2.61. The van der Waals surface area contributed by atoms with Crippen molar-refractivity contribution in [2.45, 2.75) is 6.54 Å². The lowest BCUT2D eigenvalue weighted by molar-refractivity contribution is 0.274. The van der Waals surface area contributed by atoms with Crippen LogP contribution in [0.2, 0.25) is 0 Å². The van der Waals surface area contributed by atoms with E-state index in [1.54, 1.807) is 36.2 Å².